The van der Waals surface area contributed by atoms with Gasteiger partial charge in [0, 0.05) is 6.42 Å². The number of hydrogen-bond acceptors (Lipinski definition) is 3. The molecule has 1 rings (SSSR count). The van der Waals surface area contributed by atoms with Crippen molar-refractivity contribution in [1.29, 1.82) is 0 Å². The number of carbonyl (C=O) groups is 1. The summed E-state index contributed by atoms with van der Waals surface area (Å²) in [6.45, 7) is 5.65. The van der Waals surface area contributed by atoms with Crippen molar-refractivity contribution in [3.63, 3.8) is 0 Å². The van der Waals surface area contributed by atoms with E-state index in [4.69, 9.17) is 9.47 Å². The molecule has 3 heteroatoms. The van der Waals surface area contributed by atoms with Crippen LogP contribution in [0.2, 0.25) is 0 Å². The van der Waals surface area contributed by atoms with Gasteiger partial charge in [0.1, 0.15) is 0 Å². The van der Waals surface area contributed by atoms with Gasteiger partial charge in [0.25, 0.3) is 0 Å². The van der Waals surface area contributed by atoms with Crippen LogP contribution in [0.4, 0.5) is 0 Å². The lowest BCUT2D eigenvalue weighted by Gasteiger charge is -2.25. The average Bonchev–Trinajstić information content (AvgIpc) is 2.43. The molecular formula is C18H32O3. The van der Waals surface area contributed by atoms with E-state index in [1.54, 1.807) is 0 Å². The molecule has 0 radical (unpaired) electrons. The predicted molar refractivity (Wildman–Crippen MR) is 86.3 cm³/mol. The van der Waals surface area contributed by atoms with Crippen LogP contribution in [0.5, 0.6) is 0 Å². The van der Waals surface area contributed by atoms with Crippen molar-refractivity contribution in [3.8, 4) is 0 Å². The molecule has 0 aromatic rings. The first-order valence-corrected chi connectivity index (χ1v) is 8.55. The van der Waals surface area contributed by atoms with E-state index in [0.717, 1.165) is 38.7 Å². The third kappa shape index (κ3) is 10.5. The highest BCUT2D eigenvalue weighted by atomic mass is 16.5. The molecule has 0 fully saturated rings. The lowest BCUT2D eigenvalue weighted by molar-refractivity contribution is -0.143. The topological polar surface area (TPSA) is 35.5 Å². The maximum Gasteiger partial charge on any atom is 0.305 e. The quantitative estimate of drug-likeness (QED) is 0.476. The largest absolute Gasteiger partial charge is 0.465 e. The van der Waals surface area contributed by atoms with Crippen molar-refractivity contribution in [3.05, 3.63) is 12.2 Å². The summed E-state index contributed by atoms with van der Waals surface area (Å²) in [6, 6.07) is 0. The normalized spacial score (nSPS) is 25.3. The zero-order valence-electron chi connectivity index (χ0n) is 13.9. The van der Waals surface area contributed by atoms with Gasteiger partial charge in [0.2, 0.25) is 0 Å². The molecule has 0 saturated carbocycles. The van der Waals surface area contributed by atoms with Crippen molar-refractivity contribution in [1.82, 2.24) is 0 Å². The Morgan fingerprint density at radius 2 is 1.52 bits per heavy atom. The van der Waals surface area contributed by atoms with Crippen LogP contribution in [-0.4, -0.2) is 24.8 Å². The Morgan fingerprint density at radius 1 is 0.905 bits per heavy atom. The lowest BCUT2D eigenvalue weighted by Crippen LogP contribution is -2.24. The second-order valence-corrected chi connectivity index (χ2v) is 6.50. The maximum atomic E-state index is 11.5. The van der Waals surface area contributed by atoms with Gasteiger partial charge in [0.05, 0.1) is 18.8 Å². The van der Waals surface area contributed by atoms with Crippen LogP contribution in [0.3, 0.4) is 0 Å². The van der Waals surface area contributed by atoms with Gasteiger partial charge in [-0.15, -0.1) is 0 Å². The highest BCUT2D eigenvalue weighted by Crippen LogP contribution is 2.20. The molecule has 0 spiro atoms. The number of ether oxygens (including phenoxy) is 2. The van der Waals surface area contributed by atoms with Gasteiger partial charge in [-0.1, -0.05) is 44.3 Å². The summed E-state index contributed by atoms with van der Waals surface area (Å²) < 4.78 is 11.2. The summed E-state index contributed by atoms with van der Waals surface area (Å²) >= 11 is 0. The van der Waals surface area contributed by atoms with Gasteiger partial charge in [0.15, 0.2) is 0 Å². The zero-order chi connectivity index (χ0) is 15.4. The van der Waals surface area contributed by atoms with E-state index in [1.807, 2.05) is 0 Å². The first-order chi connectivity index (χ1) is 10.1. The Morgan fingerprint density at radius 3 is 2.29 bits per heavy atom. The van der Waals surface area contributed by atoms with E-state index >= 15 is 0 Å². The fourth-order valence-corrected chi connectivity index (χ4v) is 2.55. The molecule has 0 aromatic heterocycles. The highest BCUT2D eigenvalue weighted by Gasteiger charge is 2.17. The number of rotatable bonds is 0. The molecule has 0 bridgehead atoms. The van der Waals surface area contributed by atoms with Gasteiger partial charge < -0.3 is 9.47 Å². The number of esters is 1. The molecule has 21 heavy (non-hydrogen) atoms. The molecule has 0 aliphatic carbocycles. The van der Waals surface area contributed by atoms with Gasteiger partial charge in [-0.2, -0.15) is 0 Å². The van der Waals surface area contributed by atoms with Crippen LogP contribution in [0, 0.1) is 0 Å². The third-order valence-electron chi connectivity index (χ3n) is 3.90. The summed E-state index contributed by atoms with van der Waals surface area (Å²) in [5.41, 5.74) is -0.00515. The monoisotopic (exact) mass is 296 g/mol. The van der Waals surface area contributed by atoms with Crippen molar-refractivity contribution >= 4 is 5.97 Å². The van der Waals surface area contributed by atoms with Crippen molar-refractivity contribution in [2.24, 2.45) is 0 Å². The van der Waals surface area contributed by atoms with Crippen LogP contribution < -0.4 is 0 Å². The first-order valence-electron chi connectivity index (χ1n) is 8.55. The number of carbonyl (C=O) groups excluding carboxylic acids is 1. The molecule has 0 saturated heterocycles. The molecule has 1 heterocycles. The molecule has 3 nitrogen and oxygen atoms in total. The molecule has 0 aromatic carbocycles. The van der Waals surface area contributed by atoms with E-state index < -0.39 is 0 Å². The fraction of sp³-hybridized carbons (Fsp3) is 0.833. The Balaban J connectivity index is 2.33. The van der Waals surface area contributed by atoms with E-state index in [-0.39, 0.29) is 11.6 Å². The van der Waals surface area contributed by atoms with Gasteiger partial charge in [-0.3, -0.25) is 4.79 Å². The molecule has 1 aliphatic heterocycles. The minimum Gasteiger partial charge on any atom is -0.465 e. The van der Waals surface area contributed by atoms with E-state index in [9.17, 15) is 4.79 Å². The minimum atomic E-state index is -0.0467. The summed E-state index contributed by atoms with van der Waals surface area (Å²) in [5, 5.41) is 0. The minimum absolute atomic E-state index is 0.00515. The Kier molecular flexibility index (Phi) is 9.40. The van der Waals surface area contributed by atoms with Gasteiger partial charge >= 0.3 is 5.97 Å². The summed E-state index contributed by atoms with van der Waals surface area (Å²) in [5.74, 6) is -0.0467. The standard InChI is InChI=1S/C18H32O3/c1-18(2)14-10-6-4-3-5-9-13-17(19)20-15-11-7-8-12-16-21-18/h7-8H,3-6,9-16H2,1-2H3/b8-7+. The SMILES string of the molecule is CC1(C)CCCCCCCCC(=O)OCC/C=C/CCO1. The first kappa shape index (κ1) is 18.2. The maximum absolute atomic E-state index is 11.5. The van der Waals surface area contributed by atoms with Crippen molar-refractivity contribution in [2.75, 3.05) is 13.2 Å². The lowest BCUT2D eigenvalue weighted by atomic mass is 9.99. The third-order valence-corrected chi connectivity index (χ3v) is 3.90. The Hall–Kier alpha value is -0.830. The van der Waals surface area contributed by atoms with E-state index in [1.165, 1.54) is 25.7 Å². The van der Waals surface area contributed by atoms with Crippen molar-refractivity contribution in [2.45, 2.75) is 83.7 Å². The molecular weight excluding hydrogens is 264 g/mol. The van der Waals surface area contributed by atoms with Crippen LogP contribution in [-0.2, 0) is 14.3 Å². The van der Waals surface area contributed by atoms with Crippen LogP contribution >= 0.6 is 0 Å². The van der Waals surface area contributed by atoms with Gasteiger partial charge in [-0.05, 0) is 39.5 Å². The molecule has 0 unspecified atom stereocenters. The van der Waals surface area contributed by atoms with E-state index in [2.05, 4.69) is 26.0 Å². The summed E-state index contributed by atoms with van der Waals surface area (Å²) in [7, 11) is 0. The van der Waals surface area contributed by atoms with Crippen LogP contribution in [0.1, 0.15) is 78.1 Å². The molecule has 1 aliphatic rings. The number of cyclic esters (lactones) is 1. The van der Waals surface area contributed by atoms with Crippen LogP contribution in [0.25, 0.3) is 0 Å². The summed E-state index contributed by atoms with van der Waals surface area (Å²) in [4.78, 5) is 11.5. The highest BCUT2D eigenvalue weighted by molar-refractivity contribution is 5.69. The molecule has 0 N–H and O–H groups in total. The second-order valence-electron chi connectivity index (χ2n) is 6.50. The second kappa shape index (κ2) is 10.8. The Labute approximate surface area is 130 Å². The predicted octanol–water partition coefficient (Wildman–Crippen LogP) is 4.80. The molecule has 122 valence electrons. The average molecular weight is 296 g/mol. The fourth-order valence-electron chi connectivity index (χ4n) is 2.55. The molecule has 0 atom stereocenters. The van der Waals surface area contributed by atoms with E-state index in [0.29, 0.717) is 13.0 Å². The van der Waals surface area contributed by atoms with Crippen molar-refractivity contribution < 1.29 is 14.3 Å². The smallest absolute Gasteiger partial charge is 0.305 e. The summed E-state index contributed by atoms with van der Waals surface area (Å²) in [6.07, 6.45) is 14.7. The molecule has 0 amide bonds. The van der Waals surface area contributed by atoms with Gasteiger partial charge in [-0.25, -0.2) is 0 Å². The Bertz CT molecular complexity index is 308. The van der Waals surface area contributed by atoms with Crippen LogP contribution in [0.15, 0.2) is 12.2 Å². The number of hydrogen-bond donors (Lipinski definition) is 0. The zero-order valence-corrected chi connectivity index (χ0v) is 13.9.